The Labute approximate surface area is 167 Å². The molecule has 28 heavy (non-hydrogen) atoms. The summed E-state index contributed by atoms with van der Waals surface area (Å²) in [5.74, 6) is 6.43. The zero-order valence-electron chi connectivity index (χ0n) is 16.4. The highest BCUT2D eigenvalue weighted by molar-refractivity contribution is 5.85. The lowest BCUT2D eigenvalue weighted by Gasteiger charge is -2.38. The van der Waals surface area contributed by atoms with Crippen molar-refractivity contribution in [1.29, 1.82) is 0 Å². The topological polar surface area (TPSA) is 37.3 Å². The van der Waals surface area contributed by atoms with E-state index >= 15 is 0 Å². The molecule has 2 aromatic carbocycles. The number of benzene rings is 2. The van der Waals surface area contributed by atoms with E-state index in [0.29, 0.717) is 6.42 Å². The second-order valence-corrected chi connectivity index (χ2v) is 8.14. The van der Waals surface area contributed by atoms with Crippen LogP contribution in [0.2, 0.25) is 0 Å². The van der Waals surface area contributed by atoms with Gasteiger partial charge in [-0.15, -0.1) is 0 Å². The van der Waals surface area contributed by atoms with Crippen molar-refractivity contribution < 1.29 is 9.90 Å². The van der Waals surface area contributed by atoms with Gasteiger partial charge in [0.05, 0.1) is 0 Å². The molecule has 4 rings (SSSR count). The molecule has 2 atom stereocenters. The van der Waals surface area contributed by atoms with Gasteiger partial charge >= 0.3 is 0 Å². The summed E-state index contributed by atoms with van der Waals surface area (Å²) in [6.45, 7) is 2.07. The molecule has 0 saturated heterocycles. The molecule has 1 N–H and O–H groups in total. The highest BCUT2D eigenvalue weighted by Crippen LogP contribution is 2.52. The quantitative estimate of drug-likeness (QED) is 0.712. The van der Waals surface area contributed by atoms with E-state index in [1.807, 2.05) is 24.3 Å². The summed E-state index contributed by atoms with van der Waals surface area (Å²) < 4.78 is 0. The Kier molecular flexibility index (Phi) is 5.20. The summed E-state index contributed by atoms with van der Waals surface area (Å²) in [5, 5.41) is 10.6. The van der Waals surface area contributed by atoms with Crippen LogP contribution >= 0.6 is 0 Å². The van der Waals surface area contributed by atoms with E-state index in [1.54, 1.807) is 0 Å². The van der Waals surface area contributed by atoms with Gasteiger partial charge in [-0.3, -0.25) is 4.79 Å². The van der Waals surface area contributed by atoms with E-state index in [2.05, 4.69) is 49.1 Å². The molecule has 1 spiro atoms. The summed E-state index contributed by atoms with van der Waals surface area (Å²) in [5.41, 5.74) is 5.27. The fraction of sp³-hybridized carbons (Fsp3) is 0.346. The molecule has 0 heterocycles. The third kappa shape index (κ3) is 3.68. The summed E-state index contributed by atoms with van der Waals surface area (Å²) in [6, 6.07) is 16.5. The molecule has 2 aromatic rings. The van der Waals surface area contributed by atoms with E-state index in [1.165, 1.54) is 11.1 Å². The second-order valence-electron chi connectivity index (χ2n) is 8.14. The zero-order chi connectivity index (χ0) is 19.6. The highest BCUT2D eigenvalue weighted by atomic mass is 16.3. The Morgan fingerprint density at radius 3 is 2.14 bits per heavy atom. The Morgan fingerprint density at radius 1 is 0.929 bits per heavy atom. The summed E-state index contributed by atoms with van der Waals surface area (Å²) >= 11 is 0. The Balaban J connectivity index is 1.54. The third-order valence-corrected chi connectivity index (χ3v) is 6.24. The summed E-state index contributed by atoms with van der Waals surface area (Å²) in [4.78, 5) is 12.1. The Bertz CT molecular complexity index is 954. The van der Waals surface area contributed by atoms with Crippen molar-refractivity contribution in [1.82, 2.24) is 0 Å². The van der Waals surface area contributed by atoms with Crippen LogP contribution in [0.25, 0.3) is 6.08 Å². The van der Waals surface area contributed by atoms with Gasteiger partial charge < -0.3 is 5.11 Å². The largest absolute Gasteiger partial charge is 0.384 e. The smallest absolute Gasteiger partial charge is 0.162 e. The molecule has 0 aliphatic heterocycles. The SMILES string of the molecule is Cc1ccc(C#Cc2ccc(/C=C3\CCC[C@@]34CCCC(=O)[C@@H]4O)cc2)cc1. The van der Waals surface area contributed by atoms with E-state index in [-0.39, 0.29) is 11.2 Å². The van der Waals surface area contributed by atoms with Crippen molar-refractivity contribution in [2.75, 3.05) is 0 Å². The lowest BCUT2D eigenvalue weighted by atomic mass is 9.67. The predicted octanol–water partition coefficient (Wildman–Crippen LogP) is 5.06. The summed E-state index contributed by atoms with van der Waals surface area (Å²) in [7, 11) is 0. The second kappa shape index (κ2) is 7.78. The van der Waals surface area contributed by atoms with Gasteiger partial charge in [-0.05, 0) is 68.9 Å². The van der Waals surface area contributed by atoms with Gasteiger partial charge in [0.15, 0.2) is 5.78 Å². The van der Waals surface area contributed by atoms with Gasteiger partial charge in [-0.25, -0.2) is 0 Å². The van der Waals surface area contributed by atoms with Crippen molar-refractivity contribution in [3.63, 3.8) is 0 Å². The van der Waals surface area contributed by atoms with Crippen LogP contribution in [0.4, 0.5) is 0 Å². The number of aliphatic hydroxyl groups is 1. The fourth-order valence-electron chi connectivity index (χ4n) is 4.62. The first-order chi connectivity index (χ1) is 13.6. The number of carbonyl (C=O) groups is 1. The Hall–Kier alpha value is -2.63. The normalized spacial score (nSPS) is 25.7. The maximum absolute atomic E-state index is 12.1. The van der Waals surface area contributed by atoms with Crippen molar-refractivity contribution in [3.05, 3.63) is 76.4 Å². The molecular formula is C26H26O2. The van der Waals surface area contributed by atoms with Crippen LogP contribution < -0.4 is 0 Å². The molecule has 2 fully saturated rings. The number of Topliss-reactive ketones (excluding diaryl/α,β-unsaturated/α-hetero) is 1. The molecule has 2 saturated carbocycles. The maximum atomic E-state index is 12.1. The molecule has 0 bridgehead atoms. The molecule has 2 aliphatic carbocycles. The monoisotopic (exact) mass is 370 g/mol. The first kappa shape index (κ1) is 18.7. The zero-order valence-corrected chi connectivity index (χ0v) is 16.4. The van der Waals surface area contributed by atoms with Crippen LogP contribution in [0, 0.1) is 24.2 Å². The van der Waals surface area contributed by atoms with E-state index < -0.39 is 6.10 Å². The van der Waals surface area contributed by atoms with E-state index in [4.69, 9.17) is 0 Å². The number of aryl methyl sites for hydroxylation is 1. The average Bonchev–Trinajstić information content (AvgIpc) is 3.10. The van der Waals surface area contributed by atoms with Gasteiger partial charge in [-0.1, -0.05) is 53.3 Å². The molecule has 2 heteroatoms. The minimum atomic E-state index is -0.824. The number of carbonyl (C=O) groups excluding carboxylic acids is 1. The first-order valence-electron chi connectivity index (χ1n) is 10.2. The fourth-order valence-corrected chi connectivity index (χ4v) is 4.62. The molecular weight excluding hydrogens is 344 g/mol. The van der Waals surface area contributed by atoms with Crippen molar-refractivity contribution >= 4 is 11.9 Å². The predicted molar refractivity (Wildman–Crippen MR) is 113 cm³/mol. The molecule has 0 unspecified atom stereocenters. The molecule has 142 valence electrons. The number of hydrogen-bond donors (Lipinski definition) is 1. The van der Waals surface area contributed by atoms with Crippen LogP contribution in [-0.4, -0.2) is 17.0 Å². The van der Waals surface area contributed by atoms with Gasteiger partial charge in [0, 0.05) is 23.0 Å². The standard InChI is InChI=1S/C26H26O2/c1-19-6-8-20(9-7-19)10-11-21-12-14-22(15-13-21)18-23-4-2-16-26(23)17-3-5-24(27)25(26)28/h6-9,12-15,18,25,28H,2-5,16-17H2,1H3/b23-18+/t25-,26+/m0/s1. The van der Waals surface area contributed by atoms with Crippen LogP contribution in [0.15, 0.2) is 54.1 Å². The van der Waals surface area contributed by atoms with Crippen LogP contribution in [0.1, 0.15) is 60.8 Å². The number of aliphatic hydroxyl groups excluding tert-OH is 1. The van der Waals surface area contributed by atoms with Crippen molar-refractivity contribution in [2.45, 2.75) is 51.6 Å². The number of rotatable bonds is 1. The minimum Gasteiger partial charge on any atom is -0.384 e. The minimum absolute atomic E-state index is 0.0146. The van der Waals surface area contributed by atoms with Gasteiger partial charge in [-0.2, -0.15) is 0 Å². The van der Waals surface area contributed by atoms with Gasteiger partial charge in [0.1, 0.15) is 6.10 Å². The van der Waals surface area contributed by atoms with Crippen LogP contribution in [0.5, 0.6) is 0 Å². The van der Waals surface area contributed by atoms with Gasteiger partial charge in [0.25, 0.3) is 0 Å². The van der Waals surface area contributed by atoms with Crippen LogP contribution in [-0.2, 0) is 4.79 Å². The average molecular weight is 370 g/mol. The maximum Gasteiger partial charge on any atom is 0.162 e. The number of ketones is 1. The van der Waals surface area contributed by atoms with E-state index in [0.717, 1.165) is 48.8 Å². The molecule has 0 aromatic heterocycles. The molecule has 2 aliphatic rings. The lowest BCUT2D eigenvalue weighted by molar-refractivity contribution is -0.136. The molecule has 2 nitrogen and oxygen atoms in total. The Morgan fingerprint density at radius 2 is 1.50 bits per heavy atom. The van der Waals surface area contributed by atoms with Crippen LogP contribution in [0.3, 0.4) is 0 Å². The first-order valence-corrected chi connectivity index (χ1v) is 10.2. The molecule has 0 amide bonds. The van der Waals surface area contributed by atoms with E-state index in [9.17, 15) is 9.90 Å². The summed E-state index contributed by atoms with van der Waals surface area (Å²) in [6.07, 6.45) is 6.64. The van der Waals surface area contributed by atoms with Crippen molar-refractivity contribution in [3.8, 4) is 11.8 Å². The highest BCUT2D eigenvalue weighted by Gasteiger charge is 2.48. The van der Waals surface area contributed by atoms with Gasteiger partial charge in [0.2, 0.25) is 0 Å². The third-order valence-electron chi connectivity index (χ3n) is 6.24. The van der Waals surface area contributed by atoms with Crippen molar-refractivity contribution in [2.24, 2.45) is 5.41 Å². The number of hydrogen-bond acceptors (Lipinski definition) is 2. The lowest BCUT2D eigenvalue weighted by Crippen LogP contribution is -2.43. The molecule has 0 radical (unpaired) electrons.